The number of nitrogens with zero attached hydrogens (tertiary/aromatic N) is 1. The van der Waals surface area contributed by atoms with Crippen molar-refractivity contribution < 1.29 is 0 Å². The van der Waals surface area contributed by atoms with Crippen LogP contribution in [0.3, 0.4) is 0 Å². The molecule has 0 radical (unpaired) electrons. The molecule has 1 aromatic rings. The Bertz CT molecular complexity index is 442. The minimum atomic E-state index is 0.344. The first-order chi connectivity index (χ1) is 10.1. The zero-order valence-electron chi connectivity index (χ0n) is 13.8. The van der Waals surface area contributed by atoms with E-state index in [2.05, 4.69) is 61.3 Å². The molecule has 3 rings (SSSR count). The molecule has 1 aromatic carbocycles. The summed E-state index contributed by atoms with van der Waals surface area (Å²) in [5.41, 5.74) is 1.78. The van der Waals surface area contributed by atoms with Gasteiger partial charge in [0, 0.05) is 31.2 Å². The molecule has 2 atom stereocenters. The maximum atomic E-state index is 3.80. The highest BCUT2D eigenvalue weighted by atomic mass is 15.3. The molecule has 1 aliphatic heterocycles. The zero-order chi connectivity index (χ0) is 14.9. The fourth-order valence-electron chi connectivity index (χ4n) is 4.13. The molecule has 2 nitrogen and oxygen atoms in total. The number of nitrogens with one attached hydrogen (secondary N) is 1. The van der Waals surface area contributed by atoms with Crippen LogP contribution in [0.5, 0.6) is 0 Å². The molecule has 1 N–H and O–H groups in total. The lowest BCUT2D eigenvalue weighted by atomic mass is 9.82. The quantitative estimate of drug-likeness (QED) is 0.884. The van der Waals surface area contributed by atoms with Crippen molar-refractivity contribution in [2.75, 3.05) is 13.1 Å². The molecule has 2 heteroatoms. The third kappa shape index (κ3) is 3.32. The SMILES string of the molecule is CC(C)(C)C1CNC(c2ccccc2)CN1C1CCCC1. The highest BCUT2D eigenvalue weighted by Crippen LogP contribution is 2.35. The van der Waals surface area contributed by atoms with Crippen LogP contribution in [0.1, 0.15) is 58.1 Å². The molecular weight excluding hydrogens is 256 g/mol. The fraction of sp³-hybridized carbons (Fsp3) is 0.684. The third-order valence-electron chi connectivity index (χ3n) is 5.35. The summed E-state index contributed by atoms with van der Waals surface area (Å²) < 4.78 is 0. The van der Waals surface area contributed by atoms with E-state index in [0.717, 1.165) is 19.1 Å². The van der Waals surface area contributed by atoms with Gasteiger partial charge in [0.05, 0.1) is 0 Å². The Labute approximate surface area is 129 Å². The van der Waals surface area contributed by atoms with E-state index < -0.39 is 0 Å². The lowest BCUT2D eigenvalue weighted by Crippen LogP contribution is -2.60. The summed E-state index contributed by atoms with van der Waals surface area (Å²) in [5, 5.41) is 3.80. The smallest absolute Gasteiger partial charge is 0.0450 e. The van der Waals surface area contributed by atoms with Crippen molar-refractivity contribution in [1.82, 2.24) is 10.2 Å². The van der Waals surface area contributed by atoms with E-state index >= 15 is 0 Å². The predicted octanol–water partition coefficient (Wildman–Crippen LogP) is 3.99. The van der Waals surface area contributed by atoms with Crippen molar-refractivity contribution >= 4 is 0 Å². The molecule has 21 heavy (non-hydrogen) atoms. The van der Waals surface area contributed by atoms with E-state index in [1.54, 1.807) is 0 Å². The Kier molecular flexibility index (Phi) is 4.37. The van der Waals surface area contributed by atoms with E-state index in [-0.39, 0.29) is 0 Å². The van der Waals surface area contributed by atoms with Crippen molar-refractivity contribution in [1.29, 1.82) is 0 Å². The summed E-state index contributed by atoms with van der Waals surface area (Å²) in [7, 11) is 0. The van der Waals surface area contributed by atoms with E-state index in [4.69, 9.17) is 0 Å². The first kappa shape index (κ1) is 15.1. The summed E-state index contributed by atoms with van der Waals surface area (Å²) in [6.45, 7) is 9.45. The van der Waals surface area contributed by atoms with Gasteiger partial charge >= 0.3 is 0 Å². The average molecular weight is 286 g/mol. The van der Waals surface area contributed by atoms with Crippen molar-refractivity contribution in [3.05, 3.63) is 35.9 Å². The predicted molar refractivity (Wildman–Crippen MR) is 89.4 cm³/mol. The van der Waals surface area contributed by atoms with Gasteiger partial charge in [-0.3, -0.25) is 4.90 Å². The Morgan fingerprint density at radius 2 is 1.71 bits per heavy atom. The monoisotopic (exact) mass is 286 g/mol. The van der Waals surface area contributed by atoms with E-state index in [1.807, 2.05) is 0 Å². The Morgan fingerprint density at radius 1 is 1.05 bits per heavy atom. The first-order valence-corrected chi connectivity index (χ1v) is 8.60. The van der Waals surface area contributed by atoms with Gasteiger partial charge in [-0.2, -0.15) is 0 Å². The maximum absolute atomic E-state index is 3.80. The normalized spacial score (nSPS) is 28.9. The number of rotatable bonds is 2. The van der Waals surface area contributed by atoms with Crippen LogP contribution < -0.4 is 5.32 Å². The second-order valence-corrected chi connectivity index (χ2v) is 7.89. The van der Waals surface area contributed by atoms with Crippen LogP contribution in [-0.2, 0) is 0 Å². The number of hydrogen-bond acceptors (Lipinski definition) is 2. The minimum absolute atomic E-state index is 0.344. The fourth-order valence-corrected chi connectivity index (χ4v) is 4.13. The van der Waals surface area contributed by atoms with Gasteiger partial charge in [0.2, 0.25) is 0 Å². The van der Waals surface area contributed by atoms with E-state index in [9.17, 15) is 0 Å². The van der Waals surface area contributed by atoms with Crippen molar-refractivity contribution in [3.63, 3.8) is 0 Å². The van der Waals surface area contributed by atoms with Crippen LogP contribution in [0, 0.1) is 5.41 Å². The van der Waals surface area contributed by atoms with Crippen LogP contribution in [0.4, 0.5) is 0 Å². The molecular formula is C19H30N2. The Morgan fingerprint density at radius 3 is 2.33 bits per heavy atom. The third-order valence-corrected chi connectivity index (χ3v) is 5.35. The van der Waals surface area contributed by atoms with Crippen molar-refractivity contribution in [2.24, 2.45) is 5.41 Å². The molecule has 0 amide bonds. The summed E-state index contributed by atoms with van der Waals surface area (Å²) in [4.78, 5) is 2.83. The van der Waals surface area contributed by atoms with Crippen LogP contribution in [0.2, 0.25) is 0 Å². The van der Waals surface area contributed by atoms with Gasteiger partial charge in [-0.1, -0.05) is 63.9 Å². The van der Waals surface area contributed by atoms with Crippen molar-refractivity contribution in [2.45, 2.75) is 64.6 Å². The number of hydrogen-bond donors (Lipinski definition) is 1. The minimum Gasteiger partial charge on any atom is -0.307 e. The molecule has 0 spiro atoms. The molecule has 1 saturated heterocycles. The highest BCUT2D eigenvalue weighted by molar-refractivity contribution is 5.20. The van der Waals surface area contributed by atoms with Gasteiger partial charge in [0.15, 0.2) is 0 Å². The van der Waals surface area contributed by atoms with Gasteiger partial charge in [0.25, 0.3) is 0 Å². The molecule has 1 saturated carbocycles. The summed E-state index contributed by atoms with van der Waals surface area (Å²) >= 11 is 0. The van der Waals surface area contributed by atoms with Gasteiger partial charge in [-0.25, -0.2) is 0 Å². The summed E-state index contributed by atoms with van der Waals surface area (Å²) in [5.74, 6) is 0. The number of piperazine rings is 1. The zero-order valence-corrected chi connectivity index (χ0v) is 13.8. The molecule has 2 aliphatic rings. The van der Waals surface area contributed by atoms with Gasteiger partial charge < -0.3 is 5.32 Å². The second-order valence-electron chi connectivity index (χ2n) is 7.89. The second kappa shape index (κ2) is 6.10. The van der Waals surface area contributed by atoms with Crippen LogP contribution in [0.25, 0.3) is 0 Å². The van der Waals surface area contributed by atoms with E-state index in [1.165, 1.54) is 31.2 Å². The Balaban J connectivity index is 1.79. The van der Waals surface area contributed by atoms with Gasteiger partial charge in [-0.05, 0) is 23.8 Å². The lowest BCUT2D eigenvalue weighted by molar-refractivity contribution is 0.0219. The molecule has 1 aliphatic carbocycles. The van der Waals surface area contributed by atoms with Gasteiger partial charge in [-0.15, -0.1) is 0 Å². The largest absolute Gasteiger partial charge is 0.307 e. The molecule has 0 bridgehead atoms. The van der Waals surface area contributed by atoms with E-state index in [0.29, 0.717) is 17.5 Å². The summed E-state index contributed by atoms with van der Waals surface area (Å²) in [6, 6.07) is 12.9. The maximum Gasteiger partial charge on any atom is 0.0450 e. The van der Waals surface area contributed by atoms with Crippen LogP contribution in [-0.4, -0.2) is 30.1 Å². The van der Waals surface area contributed by atoms with Crippen molar-refractivity contribution in [3.8, 4) is 0 Å². The molecule has 2 fully saturated rings. The molecule has 1 heterocycles. The molecule has 116 valence electrons. The Hall–Kier alpha value is -0.860. The average Bonchev–Trinajstić information content (AvgIpc) is 3.01. The number of benzene rings is 1. The highest BCUT2D eigenvalue weighted by Gasteiger charge is 2.39. The molecule has 0 aromatic heterocycles. The standard InChI is InChI=1S/C19H30N2/c1-19(2,3)18-13-20-17(15-9-5-4-6-10-15)14-21(18)16-11-7-8-12-16/h4-6,9-10,16-18,20H,7-8,11-14H2,1-3H3. The lowest BCUT2D eigenvalue weighted by Gasteiger charge is -2.49. The van der Waals surface area contributed by atoms with Gasteiger partial charge in [0.1, 0.15) is 0 Å². The first-order valence-electron chi connectivity index (χ1n) is 8.60. The molecule has 2 unspecified atom stereocenters. The van der Waals surface area contributed by atoms with Crippen LogP contribution in [0.15, 0.2) is 30.3 Å². The van der Waals surface area contributed by atoms with Crippen LogP contribution >= 0.6 is 0 Å². The topological polar surface area (TPSA) is 15.3 Å². The summed E-state index contributed by atoms with van der Waals surface area (Å²) in [6.07, 6.45) is 5.63.